The number of ether oxygens (including phenoxy) is 6. The summed E-state index contributed by atoms with van der Waals surface area (Å²) in [5, 5.41) is 13.7. The molecule has 5 amide bonds. The third-order valence-electron chi connectivity index (χ3n) is 21.9. The van der Waals surface area contributed by atoms with Gasteiger partial charge < -0.3 is 64.8 Å². The number of unbranched alkanes of at least 4 members (excludes halogenated alkanes) is 38. The number of phosphoric ester groups is 2. The minimum Gasteiger partial charge on any atom is -0.492 e. The maximum atomic E-state index is 14.2. The average Bonchev–Trinajstić information content (AvgIpc) is 0.856. The Balaban J connectivity index is 3.33. The fourth-order valence-electron chi connectivity index (χ4n) is 14.4. The number of esters is 2. The normalized spacial score (nSPS) is 13.9. The molecular weight excluding hydrogens is 1660 g/mol. The summed E-state index contributed by atoms with van der Waals surface area (Å²) in [4.78, 5) is 116. The van der Waals surface area contributed by atoms with Gasteiger partial charge in [0, 0.05) is 51.6 Å². The van der Waals surface area contributed by atoms with Crippen molar-refractivity contribution in [2.45, 2.75) is 445 Å². The van der Waals surface area contributed by atoms with Crippen LogP contribution in [0.4, 0.5) is 4.79 Å². The number of hydrogen-bond donors (Lipinski definition) is 7. The van der Waals surface area contributed by atoms with Gasteiger partial charge in [-0.3, -0.25) is 46.9 Å². The molecule has 28 heteroatoms. The van der Waals surface area contributed by atoms with Crippen LogP contribution in [0.1, 0.15) is 415 Å². The van der Waals surface area contributed by atoms with Gasteiger partial charge in [0.15, 0.2) is 0 Å². The first-order valence-electron chi connectivity index (χ1n) is 50.3. The van der Waals surface area contributed by atoms with Crippen molar-refractivity contribution in [3.63, 3.8) is 0 Å². The lowest BCUT2D eigenvalue weighted by Gasteiger charge is -2.22. The molecule has 1 rings (SSSR count). The lowest BCUT2D eigenvalue weighted by molar-refractivity contribution is -0.151. The summed E-state index contributed by atoms with van der Waals surface area (Å²) >= 11 is 0. The number of hydrogen-bond acceptors (Lipinski definition) is 19. The Labute approximate surface area is 769 Å². The topological polar surface area (TPSA) is 347 Å². The molecule has 1 aromatic rings. The molecule has 0 aliphatic rings. The second kappa shape index (κ2) is 82.6. The molecule has 127 heavy (non-hydrogen) atoms. The average molecular weight is 1840 g/mol. The van der Waals surface area contributed by atoms with Crippen LogP contribution in [0.5, 0.6) is 5.75 Å². The van der Waals surface area contributed by atoms with Crippen LogP contribution >= 0.6 is 15.6 Å². The fraction of sp³-hybridized carbons (Fsp3) is 0.828. The zero-order chi connectivity index (χ0) is 93.2. The van der Waals surface area contributed by atoms with Gasteiger partial charge in [0.05, 0.1) is 71.5 Å². The van der Waals surface area contributed by atoms with Gasteiger partial charge in [-0.15, -0.1) is 0 Å². The number of benzene rings is 1. The van der Waals surface area contributed by atoms with Crippen molar-refractivity contribution in [1.82, 2.24) is 26.6 Å². The SMILES string of the molecule is CCCCCCC=CCCCC(=O)O[C@H](CCCCCCC)CCOCC(COP(=O)(O)OCCNC(=O)C(Cc1ccc(OCCNC(=O)OC(C)(C)C)cc1)C(=O)NCCOP(=O)(O)OCC(COCC[C@@H](CCCCCCC)OC(=O)CCCC=CCCCCCC)NC(=O)CCCCCCCCCCCCC)NC(=O)CCCCCCCCCCCCC. The molecule has 26 nitrogen and oxygen atoms in total. The smallest absolute Gasteiger partial charge is 0.472 e. The van der Waals surface area contributed by atoms with E-state index in [0.29, 0.717) is 75.5 Å². The molecule has 0 fully saturated rings. The van der Waals surface area contributed by atoms with Gasteiger partial charge in [-0.1, -0.05) is 296 Å². The molecule has 1 aromatic carbocycles. The van der Waals surface area contributed by atoms with Gasteiger partial charge >= 0.3 is 33.7 Å². The zero-order valence-corrected chi connectivity index (χ0v) is 82.7. The predicted molar refractivity (Wildman–Crippen MR) is 510 cm³/mol. The third kappa shape index (κ3) is 76.9. The molecule has 0 saturated carbocycles. The molecule has 0 heterocycles. The van der Waals surface area contributed by atoms with Crippen molar-refractivity contribution in [2.75, 3.05) is 79.1 Å². The quantitative estimate of drug-likeness (QED) is 0.00795. The van der Waals surface area contributed by atoms with E-state index in [1.165, 1.54) is 128 Å². The molecule has 6 atom stereocenters. The van der Waals surface area contributed by atoms with Crippen molar-refractivity contribution in [2.24, 2.45) is 5.92 Å². The molecule has 0 aromatic heterocycles. The fourth-order valence-corrected chi connectivity index (χ4v) is 16.0. The Hall–Kier alpha value is -5.27. The Morgan fingerprint density at radius 1 is 0.370 bits per heavy atom. The lowest BCUT2D eigenvalue weighted by atomic mass is 9.97. The summed E-state index contributed by atoms with van der Waals surface area (Å²) in [6, 6.07) is 4.81. The van der Waals surface area contributed by atoms with E-state index in [9.17, 15) is 52.5 Å². The molecule has 4 unspecified atom stereocenters. The minimum atomic E-state index is -4.87. The highest BCUT2D eigenvalue weighted by Gasteiger charge is 2.31. The number of allylic oxidation sites excluding steroid dienone is 4. The van der Waals surface area contributed by atoms with Gasteiger partial charge in [0.25, 0.3) is 0 Å². The van der Waals surface area contributed by atoms with E-state index >= 15 is 0 Å². The molecule has 0 spiro atoms. The zero-order valence-electron chi connectivity index (χ0n) is 80.9. The number of alkyl carbamates (subject to hydrolysis) is 1. The van der Waals surface area contributed by atoms with Crippen LogP contribution in [-0.2, 0) is 86.1 Å². The second-order valence-corrected chi connectivity index (χ2v) is 38.2. The standard InChI is InChI=1S/C99H181N5O21P2/c1-10-16-22-28-32-36-38-42-44-50-56-62-92(105)103-86(81-116-75-70-89(60-54-48-26-20-14-5)123-94(107)64-58-52-46-40-34-30-24-18-12-3)83-121-126(112,113)119-78-73-100-96(109)91(80-85-66-68-88(69-67-85)118-77-72-102-98(111)125-99(7,8)9)97(110)101-74-79-120-127(114,115)122-84-87(104-93(106)63-57-51-45-43-39-37-33-29-23-17-11-2)82-117-76-71-90(61-55-49-27-21-15-6)124-95(108)65-59-53-47-41-35-31-25-19-13-4/h40-41,46-47,66-69,86-87,89-91H,10-39,42-45,48-65,70-84H2,1-9H3,(H,100,109)(H,101,110)(H,102,111)(H,103,105)(H,104,106)(H,112,113)(H,114,115)/t86?,87?,89-,90-,91?/m1/s1. The van der Waals surface area contributed by atoms with Gasteiger partial charge in [-0.25, -0.2) is 13.9 Å². The van der Waals surface area contributed by atoms with E-state index in [0.717, 1.165) is 141 Å². The highest BCUT2D eigenvalue weighted by Crippen LogP contribution is 2.44. The monoisotopic (exact) mass is 1840 g/mol. The molecule has 0 radical (unpaired) electrons. The number of nitrogens with one attached hydrogen (secondary N) is 5. The van der Waals surface area contributed by atoms with Gasteiger partial charge in [-0.2, -0.15) is 0 Å². The third-order valence-corrected chi connectivity index (χ3v) is 23.9. The van der Waals surface area contributed by atoms with Crippen LogP contribution in [0.3, 0.4) is 0 Å². The summed E-state index contributed by atoms with van der Waals surface area (Å²) in [5.74, 6) is -3.68. The van der Waals surface area contributed by atoms with E-state index in [4.69, 9.17) is 46.5 Å². The van der Waals surface area contributed by atoms with Crippen LogP contribution in [0, 0.1) is 5.92 Å². The number of carbonyl (C=O) groups excluding carboxylic acids is 7. The number of phosphoric acid groups is 2. The lowest BCUT2D eigenvalue weighted by Crippen LogP contribution is -2.44. The first-order chi connectivity index (χ1) is 61.4. The maximum absolute atomic E-state index is 14.2. The highest BCUT2D eigenvalue weighted by atomic mass is 31.2. The van der Waals surface area contributed by atoms with Crippen molar-refractivity contribution in [3.05, 3.63) is 54.1 Å². The highest BCUT2D eigenvalue weighted by molar-refractivity contribution is 7.47. The summed E-state index contributed by atoms with van der Waals surface area (Å²) in [5.41, 5.74) is -0.165. The van der Waals surface area contributed by atoms with E-state index in [-0.39, 0.29) is 108 Å². The van der Waals surface area contributed by atoms with Crippen molar-refractivity contribution >= 4 is 57.3 Å². The van der Waals surface area contributed by atoms with E-state index < -0.39 is 83.6 Å². The summed E-state index contributed by atoms with van der Waals surface area (Å²) < 4.78 is 84.4. The maximum Gasteiger partial charge on any atom is 0.472 e. The molecule has 0 saturated heterocycles. The van der Waals surface area contributed by atoms with Crippen molar-refractivity contribution in [1.29, 1.82) is 0 Å². The van der Waals surface area contributed by atoms with Gasteiger partial charge in [-0.05, 0) is 135 Å². The Morgan fingerprint density at radius 3 is 1.06 bits per heavy atom. The van der Waals surface area contributed by atoms with E-state index in [1.807, 2.05) is 0 Å². The molecule has 0 aliphatic carbocycles. The van der Waals surface area contributed by atoms with Crippen LogP contribution in [0.25, 0.3) is 0 Å². The summed E-state index contributed by atoms with van der Waals surface area (Å²) in [7, 11) is -9.75. The summed E-state index contributed by atoms with van der Waals surface area (Å²) in [6.07, 6.45) is 60.1. The largest absolute Gasteiger partial charge is 0.492 e. The van der Waals surface area contributed by atoms with Crippen LogP contribution in [-0.4, -0.2) is 160 Å². The van der Waals surface area contributed by atoms with Crippen LogP contribution in [0.15, 0.2) is 48.6 Å². The van der Waals surface area contributed by atoms with Crippen molar-refractivity contribution in [3.8, 4) is 5.75 Å². The number of amides is 5. The molecular formula is C99H181N5O21P2. The second-order valence-electron chi connectivity index (χ2n) is 35.3. The molecule has 7 N–H and O–H groups in total. The van der Waals surface area contributed by atoms with Gasteiger partial charge in [0.1, 0.15) is 36.1 Å². The Kier molecular flexibility index (Phi) is 77.9. The van der Waals surface area contributed by atoms with Crippen LogP contribution in [0.2, 0.25) is 0 Å². The summed E-state index contributed by atoms with van der Waals surface area (Å²) in [6.45, 7) is 16.1. The predicted octanol–water partition coefficient (Wildman–Crippen LogP) is 23.4. The van der Waals surface area contributed by atoms with Crippen molar-refractivity contribution < 1.29 is 99.0 Å². The molecule has 738 valence electrons. The Bertz CT molecular complexity index is 2880. The van der Waals surface area contributed by atoms with Crippen LogP contribution < -0.4 is 31.3 Å². The molecule has 0 aliphatic heterocycles. The Morgan fingerprint density at radius 2 is 0.701 bits per heavy atom. The number of rotatable bonds is 90. The molecule has 0 bridgehead atoms. The first-order valence-corrected chi connectivity index (χ1v) is 53.3. The number of carbonyl (C=O) groups is 7. The van der Waals surface area contributed by atoms with Gasteiger partial charge in [0.2, 0.25) is 23.6 Å². The van der Waals surface area contributed by atoms with E-state index in [2.05, 4.69) is 92.4 Å². The first kappa shape index (κ1) is 120. The van der Waals surface area contributed by atoms with E-state index in [1.54, 1.807) is 45.0 Å². The minimum absolute atomic E-state index is 0.0907.